The molecule has 1 aromatic carbocycles. The van der Waals surface area contributed by atoms with Crippen LogP contribution in [0.2, 0.25) is 0 Å². The highest BCUT2D eigenvalue weighted by Crippen LogP contribution is 2.36. The molecule has 1 aromatic rings. The normalized spacial score (nSPS) is 22.1. The molecular weight excluding hydrogens is 328 g/mol. The summed E-state index contributed by atoms with van der Waals surface area (Å²) in [6.45, 7) is 5.72. The van der Waals surface area contributed by atoms with Gasteiger partial charge in [-0.05, 0) is 43.0 Å². The van der Waals surface area contributed by atoms with Crippen molar-refractivity contribution in [2.75, 3.05) is 19.9 Å². The van der Waals surface area contributed by atoms with Crippen LogP contribution >= 0.6 is 12.4 Å². The first-order valence-corrected chi connectivity index (χ1v) is 8.39. The molecular formula is C18H27ClN2O3. The first kappa shape index (κ1) is 18.9. The van der Waals surface area contributed by atoms with E-state index < -0.39 is 0 Å². The van der Waals surface area contributed by atoms with Crippen molar-refractivity contribution >= 4 is 18.3 Å². The Morgan fingerprint density at radius 3 is 2.79 bits per heavy atom. The second-order valence-corrected chi connectivity index (χ2v) is 7.20. The van der Waals surface area contributed by atoms with Gasteiger partial charge in [0.15, 0.2) is 11.5 Å². The van der Waals surface area contributed by atoms with Crippen LogP contribution in [-0.2, 0) is 10.2 Å². The van der Waals surface area contributed by atoms with Gasteiger partial charge in [0.05, 0.1) is 0 Å². The van der Waals surface area contributed by atoms with Crippen molar-refractivity contribution in [3.63, 3.8) is 0 Å². The number of hydrogen-bond donors (Lipinski definition) is 2. The van der Waals surface area contributed by atoms with Gasteiger partial charge in [-0.2, -0.15) is 0 Å². The van der Waals surface area contributed by atoms with E-state index in [1.54, 1.807) is 0 Å². The van der Waals surface area contributed by atoms with E-state index in [1.165, 1.54) is 0 Å². The molecule has 1 fully saturated rings. The first-order valence-electron chi connectivity index (χ1n) is 8.39. The average Bonchev–Trinajstić information content (AvgIpc) is 3.20. The molecule has 6 heteroatoms. The van der Waals surface area contributed by atoms with Crippen LogP contribution in [0, 0.1) is 11.8 Å². The molecule has 2 atom stereocenters. The van der Waals surface area contributed by atoms with E-state index in [0.29, 0.717) is 19.0 Å². The fourth-order valence-electron chi connectivity index (χ4n) is 3.52. The van der Waals surface area contributed by atoms with E-state index in [4.69, 9.17) is 15.2 Å². The van der Waals surface area contributed by atoms with E-state index in [0.717, 1.165) is 36.3 Å². The maximum absolute atomic E-state index is 12.5. The van der Waals surface area contributed by atoms with Crippen LogP contribution < -0.4 is 20.5 Å². The van der Waals surface area contributed by atoms with Crippen LogP contribution in [-0.4, -0.2) is 25.8 Å². The summed E-state index contributed by atoms with van der Waals surface area (Å²) in [4.78, 5) is 12.5. The summed E-state index contributed by atoms with van der Waals surface area (Å²) in [6, 6.07) is 5.98. The number of rotatable bonds is 5. The maximum Gasteiger partial charge on any atom is 0.231 e. The van der Waals surface area contributed by atoms with Crippen LogP contribution in [0.5, 0.6) is 11.5 Å². The van der Waals surface area contributed by atoms with Crippen molar-refractivity contribution in [2.24, 2.45) is 17.6 Å². The molecule has 0 bridgehead atoms. The molecule has 1 aliphatic heterocycles. The zero-order valence-corrected chi connectivity index (χ0v) is 15.2. The third kappa shape index (κ3) is 3.78. The Kier molecular flexibility index (Phi) is 5.99. The van der Waals surface area contributed by atoms with Gasteiger partial charge in [0, 0.05) is 17.9 Å². The summed E-state index contributed by atoms with van der Waals surface area (Å²) in [5, 5.41) is 3.13. The van der Waals surface area contributed by atoms with E-state index in [2.05, 4.69) is 19.2 Å². The molecule has 1 aliphatic carbocycles. The van der Waals surface area contributed by atoms with Gasteiger partial charge in [0.2, 0.25) is 12.7 Å². The van der Waals surface area contributed by atoms with Crippen LogP contribution in [0.3, 0.4) is 0 Å². The Labute approximate surface area is 149 Å². The summed E-state index contributed by atoms with van der Waals surface area (Å²) in [5.74, 6) is 2.12. The predicted octanol–water partition coefficient (Wildman–Crippen LogP) is 2.61. The summed E-state index contributed by atoms with van der Waals surface area (Å²) in [6.07, 6.45) is 3.13. The SMILES string of the molecule is CC(C)(CNC(=O)[C@@H]1CCC[C@@H]1CN)c1ccc2c(c1)OCO2.Cl. The molecule has 24 heavy (non-hydrogen) atoms. The van der Waals surface area contributed by atoms with Gasteiger partial charge in [-0.3, -0.25) is 4.79 Å². The van der Waals surface area contributed by atoms with Crippen LogP contribution in [0.4, 0.5) is 0 Å². The fourth-order valence-corrected chi connectivity index (χ4v) is 3.52. The molecule has 134 valence electrons. The summed E-state index contributed by atoms with van der Waals surface area (Å²) < 4.78 is 10.8. The Morgan fingerprint density at radius 2 is 2.04 bits per heavy atom. The molecule has 0 unspecified atom stereocenters. The number of fused-ring (bicyclic) bond motifs is 1. The van der Waals surface area contributed by atoms with Crippen LogP contribution in [0.25, 0.3) is 0 Å². The van der Waals surface area contributed by atoms with Gasteiger partial charge < -0.3 is 20.5 Å². The molecule has 3 rings (SSSR count). The topological polar surface area (TPSA) is 73.6 Å². The van der Waals surface area contributed by atoms with E-state index in [-0.39, 0.29) is 36.4 Å². The monoisotopic (exact) mass is 354 g/mol. The minimum atomic E-state index is -0.173. The lowest BCUT2D eigenvalue weighted by atomic mass is 9.84. The van der Waals surface area contributed by atoms with Crippen molar-refractivity contribution in [2.45, 2.75) is 38.5 Å². The number of amides is 1. The lowest BCUT2D eigenvalue weighted by Gasteiger charge is -2.27. The largest absolute Gasteiger partial charge is 0.454 e. The summed E-state index contributed by atoms with van der Waals surface area (Å²) in [7, 11) is 0. The summed E-state index contributed by atoms with van der Waals surface area (Å²) in [5.41, 5.74) is 6.74. The molecule has 0 spiro atoms. The summed E-state index contributed by atoms with van der Waals surface area (Å²) >= 11 is 0. The molecule has 0 radical (unpaired) electrons. The molecule has 2 aliphatic rings. The van der Waals surface area contributed by atoms with Crippen LogP contribution in [0.1, 0.15) is 38.7 Å². The number of halogens is 1. The molecule has 0 saturated heterocycles. The van der Waals surface area contributed by atoms with Crippen molar-refractivity contribution < 1.29 is 14.3 Å². The third-order valence-electron chi connectivity index (χ3n) is 5.16. The predicted molar refractivity (Wildman–Crippen MR) is 95.7 cm³/mol. The van der Waals surface area contributed by atoms with Crippen molar-refractivity contribution in [1.29, 1.82) is 0 Å². The highest BCUT2D eigenvalue weighted by atomic mass is 35.5. The Bertz CT molecular complexity index is 592. The lowest BCUT2D eigenvalue weighted by molar-refractivity contribution is -0.126. The van der Waals surface area contributed by atoms with Gasteiger partial charge >= 0.3 is 0 Å². The number of carbonyl (C=O) groups excluding carboxylic acids is 1. The minimum absolute atomic E-state index is 0. The first-order chi connectivity index (χ1) is 11.0. The van der Waals surface area contributed by atoms with Crippen molar-refractivity contribution in [3.8, 4) is 11.5 Å². The number of ether oxygens (including phenoxy) is 2. The van der Waals surface area contributed by atoms with Gasteiger partial charge in [0.25, 0.3) is 0 Å². The minimum Gasteiger partial charge on any atom is -0.454 e. The molecule has 5 nitrogen and oxygen atoms in total. The maximum atomic E-state index is 12.5. The Balaban J connectivity index is 0.00000208. The molecule has 1 amide bonds. The molecule has 0 aromatic heterocycles. The standard InChI is InChI=1S/C18H26N2O3.ClH/c1-18(2,13-6-7-15-16(8-13)23-11-22-15)10-20-17(21)14-5-3-4-12(14)9-19;/h6-8,12,14H,3-5,9-11,19H2,1-2H3,(H,20,21);1H/t12-,14-;/m1./s1. The van der Waals surface area contributed by atoms with E-state index in [9.17, 15) is 4.79 Å². The van der Waals surface area contributed by atoms with Crippen molar-refractivity contribution in [1.82, 2.24) is 5.32 Å². The van der Waals surface area contributed by atoms with Crippen molar-refractivity contribution in [3.05, 3.63) is 23.8 Å². The number of nitrogens with two attached hydrogens (primary N) is 1. The highest BCUT2D eigenvalue weighted by Gasteiger charge is 2.33. The Hall–Kier alpha value is -1.46. The van der Waals surface area contributed by atoms with Gasteiger partial charge in [-0.15, -0.1) is 12.4 Å². The van der Waals surface area contributed by atoms with E-state index in [1.807, 2.05) is 18.2 Å². The third-order valence-corrected chi connectivity index (χ3v) is 5.16. The zero-order chi connectivity index (χ0) is 16.4. The van der Waals surface area contributed by atoms with Crippen LogP contribution in [0.15, 0.2) is 18.2 Å². The second kappa shape index (κ2) is 7.62. The molecule has 3 N–H and O–H groups in total. The molecule has 1 saturated carbocycles. The smallest absolute Gasteiger partial charge is 0.231 e. The van der Waals surface area contributed by atoms with Gasteiger partial charge in [0.1, 0.15) is 0 Å². The highest BCUT2D eigenvalue weighted by molar-refractivity contribution is 5.85. The van der Waals surface area contributed by atoms with Gasteiger partial charge in [-0.1, -0.05) is 26.3 Å². The van der Waals surface area contributed by atoms with E-state index >= 15 is 0 Å². The second-order valence-electron chi connectivity index (χ2n) is 7.20. The lowest BCUT2D eigenvalue weighted by Crippen LogP contribution is -2.41. The zero-order valence-electron chi connectivity index (χ0n) is 14.3. The quantitative estimate of drug-likeness (QED) is 0.852. The Morgan fingerprint density at radius 1 is 1.29 bits per heavy atom. The fraction of sp³-hybridized carbons (Fsp3) is 0.611. The molecule has 1 heterocycles. The number of benzene rings is 1. The number of nitrogens with one attached hydrogen (secondary N) is 1. The van der Waals surface area contributed by atoms with Gasteiger partial charge in [-0.25, -0.2) is 0 Å². The number of carbonyl (C=O) groups is 1. The average molecular weight is 355 g/mol. The number of hydrogen-bond acceptors (Lipinski definition) is 4.